The summed E-state index contributed by atoms with van der Waals surface area (Å²) in [5.41, 5.74) is 0.202. The van der Waals surface area contributed by atoms with Crippen LogP contribution in [0.1, 0.15) is 27.7 Å². The van der Waals surface area contributed by atoms with Crippen LogP contribution in [0.15, 0.2) is 0 Å². The second-order valence-electron chi connectivity index (χ2n) is 3.54. The molecular weight excluding hydrogens is 146 g/mol. The molecule has 0 aromatic heterocycles. The van der Waals surface area contributed by atoms with Crippen LogP contribution in [0.4, 0.5) is 0 Å². The largest absolute Gasteiger partial charge is 0.570 e. The summed E-state index contributed by atoms with van der Waals surface area (Å²) >= 11 is 0. The molecule has 0 saturated carbocycles. The lowest BCUT2D eigenvalue weighted by Gasteiger charge is -2.38. The van der Waals surface area contributed by atoms with Gasteiger partial charge in [0.2, 0.25) is 0 Å². The zero-order chi connectivity index (χ0) is 7.78. The molecule has 1 fully saturated rings. The van der Waals surface area contributed by atoms with Crippen LogP contribution in [0.5, 0.6) is 0 Å². The van der Waals surface area contributed by atoms with Crippen molar-refractivity contribution in [2.45, 2.75) is 33.2 Å². The van der Waals surface area contributed by atoms with Crippen LogP contribution in [0.3, 0.4) is 0 Å². The van der Waals surface area contributed by atoms with E-state index in [9.17, 15) is 0 Å². The number of nitrogens with one attached hydrogen (secondary N) is 1. The van der Waals surface area contributed by atoms with E-state index in [0.29, 0.717) is 5.92 Å². The Kier molecular flexibility index (Phi) is 2.14. The maximum absolute atomic E-state index is 4.91. The van der Waals surface area contributed by atoms with Gasteiger partial charge < -0.3 is 0 Å². The number of hydroxylamine groups is 1. The van der Waals surface area contributed by atoms with Gasteiger partial charge in [-0.25, -0.2) is 0 Å². The molecule has 1 N–H and O–H groups in total. The number of hydrogen-bond donors (Lipinski definition) is 1. The molecule has 0 amide bonds. The van der Waals surface area contributed by atoms with Gasteiger partial charge in [-0.1, -0.05) is 18.8 Å². The van der Waals surface area contributed by atoms with Crippen molar-refractivity contribution >= 4 is 9.92 Å². The lowest BCUT2D eigenvalue weighted by atomic mass is 9.92. The molecule has 1 aliphatic rings. The SMILES string of the molecule is CC(C)C(C)(C)[NH+]1OO[SiH]1. The van der Waals surface area contributed by atoms with Gasteiger partial charge in [0, 0.05) is 5.92 Å². The van der Waals surface area contributed by atoms with E-state index >= 15 is 0 Å². The van der Waals surface area contributed by atoms with Crippen LogP contribution in [-0.2, 0) is 9.57 Å². The molecule has 1 saturated heterocycles. The normalized spacial score (nSPS) is 26.7. The van der Waals surface area contributed by atoms with Gasteiger partial charge >= 0.3 is 9.92 Å². The highest BCUT2D eigenvalue weighted by Crippen LogP contribution is 2.11. The Morgan fingerprint density at radius 2 is 1.90 bits per heavy atom. The zero-order valence-corrected chi connectivity index (χ0v) is 8.13. The first-order valence-corrected chi connectivity index (χ1v) is 4.64. The summed E-state index contributed by atoms with van der Waals surface area (Å²) in [5.74, 6) is 0.624. The van der Waals surface area contributed by atoms with Crippen molar-refractivity contribution in [3.05, 3.63) is 0 Å². The standard InChI is InChI=1S/C6H15NO2Si/c1-5(2)6(3,4)7-8-9-10-7/h5,7,10H,1-4H3/q+1. The first kappa shape index (κ1) is 8.20. The molecule has 3 nitrogen and oxygen atoms in total. The van der Waals surface area contributed by atoms with Crippen molar-refractivity contribution in [2.24, 2.45) is 5.92 Å². The number of quaternary nitrogens is 1. The topological polar surface area (TPSA) is 22.9 Å². The maximum atomic E-state index is 4.91. The number of rotatable bonds is 2. The predicted molar refractivity (Wildman–Crippen MR) is 39.2 cm³/mol. The van der Waals surface area contributed by atoms with Gasteiger partial charge in [0.05, 0.1) is 0 Å². The highest BCUT2D eigenvalue weighted by Gasteiger charge is 2.43. The predicted octanol–water partition coefficient (Wildman–Crippen LogP) is -0.551. The second-order valence-corrected chi connectivity index (χ2v) is 4.49. The minimum Gasteiger partial charge on any atom is -0.184 e. The van der Waals surface area contributed by atoms with E-state index in [4.69, 9.17) is 9.57 Å². The van der Waals surface area contributed by atoms with Crippen molar-refractivity contribution in [3.63, 3.8) is 0 Å². The minimum atomic E-state index is 0.00856. The van der Waals surface area contributed by atoms with Gasteiger partial charge in [-0.15, -0.1) is 0 Å². The van der Waals surface area contributed by atoms with Gasteiger partial charge in [0.1, 0.15) is 5.54 Å². The van der Waals surface area contributed by atoms with E-state index in [1.807, 2.05) is 0 Å². The van der Waals surface area contributed by atoms with Gasteiger partial charge in [-0.05, 0) is 13.8 Å². The average molecular weight is 161 g/mol. The molecule has 10 heavy (non-hydrogen) atoms. The monoisotopic (exact) mass is 161 g/mol. The third-order valence-electron chi connectivity index (χ3n) is 2.37. The second kappa shape index (κ2) is 2.62. The van der Waals surface area contributed by atoms with Gasteiger partial charge in [0.25, 0.3) is 0 Å². The van der Waals surface area contributed by atoms with Crippen molar-refractivity contribution in [1.29, 1.82) is 0 Å². The van der Waals surface area contributed by atoms with Crippen LogP contribution >= 0.6 is 0 Å². The zero-order valence-electron chi connectivity index (χ0n) is 6.97. The summed E-state index contributed by atoms with van der Waals surface area (Å²) in [7, 11) is 0.00856. The summed E-state index contributed by atoms with van der Waals surface area (Å²) in [6.45, 7) is 8.80. The molecule has 0 bridgehead atoms. The Hall–Kier alpha value is 0.0969. The Labute approximate surface area is 64.2 Å². The number of hydrogen-bond acceptors (Lipinski definition) is 2. The maximum Gasteiger partial charge on any atom is 0.570 e. The Bertz CT molecular complexity index is 123. The van der Waals surface area contributed by atoms with Crippen LogP contribution in [-0.4, -0.2) is 15.5 Å². The molecule has 0 spiro atoms. The fraction of sp³-hybridized carbons (Fsp3) is 1.00. The van der Waals surface area contributed by atoms with Gasteiger partial charge in [0.15, 0.2) is 0 Å². The van der Waals surface area contributed by atoms with Gasteiger partial charge in [-0.3, -0.25) is 0 Å². The highest BCUT2D eigenvalue weighted by molar-refractivity contribution is 6.15. The van der Waals surface area contributed by atoms with E-state index in [1.54, 1.807) is 0 Å². The van der Waals surface area contributed by atoms with Crippen molar-refractivity contribution in [3.8, 4) is 0 Å². The Morgan fingerprint density at radius 3 is 2.00 bits per heavy atom. The summed E-state index contributed by atoms with van der Waals surface area (Å²) in [6.07, 6.45) is 0. The van der Waals surface area contributed by atoms with Gasteiger partial charge in [-0.2, -0.15) is 9.31 Å². The molecule has 1 aliphatic heterocycles. The van der Waals surface area contributed by atoms with Crippen LogP contribution < -0.4 is 4.73 Å². The van der Waals surface area contributed by atoms with Crippen LogP contribution in [0.2, 0.25) is 0 Å². The molecule has 1 atom stereocenters. The van der Waals surface area contributed by atoms with E-state index < -0.39 is 0 Å². The third kappa shape index (κ3) is 1.25. The quantitative estimate of drug-likeness (QED) is 0.434. The van der Waals surface area contributed by atoms with Crippen LogP contribution in [0, 0.1) is 5.92 Å². The molecule has 1 rings (SSSR count). The molecule has 1 radical (unpaired) electrons. The molecule has 0 aromatic carbocycles. The van der Waals surface area contributed by atoms with Crippen molar-refractivity contribution in [1.82, 2.24) is 0 Å². The van der Waals surface area contributed by atoms with E-state index in [2.05, 4.69) is 27.7 Å². The smallest absolute Gasteiger partial charge is 0.184 e. The fourth-order valence-corrected chi connectivity index (χ4v) is 1.47. The van der Waals surface area contributed by atoms with E-state index in [1.165, 1.54) is 0 Å². The van der Waals surface area contributed by atoms with E-state index in [0.717, 1.165) is 4.73 Å². The molecular formula is C6H15NO2Si+. The summed E-state index contributed by atoms with van der Waals surface area (Å²) in [6, 6.07) is 0. The van der Waals surface area contributed by atoms with Crippen molar-refractivity contribution < 1.29 is 14.3 Å². The molecule has 1 heterocycles. The molecule has 59 valence electrons. The lowest BCUT2D eigenvalue weighted by Crippen LogP contribution is -3.26. The first-order chi connectivity index (χ1) is 4.55. The first-order valence-electron chi connectivity index (χ1n) is 3.59. The van der Waals surface area contributed by atoms with E-state index in [-0.39, 0.29) is 15.5 Å². The van der Waals surface area contributed by atoms with Crippen molar-refractivity contribution in [2.75, 3.05) is 0 Å². The summed E-state index contributed by atoms with van der Waals surface area (Å²) < 4.78 is 5.87. The Balaban J connectivity index is 2.48. The molecule has 1 unspecified atom stereocenters. The average Bonchev–Trinajstić information content (AvgIpc) is 1.57. The summed E-state index contributed by atoms with van der Waals surface area (Å²) in [5, 5.41) is 0. The van der Waals surface area contributed by atoms with Crippen LogP contribution in [0.25, 0.3) is 0 Å². The third-order valence-corrected chi connectivity index (χ3v) is 3.62. The minimum absolute atomic E-state index is 0.00856. The summed E-state index contributed by atoms with van der Waals surface area (Å²) in [4.78, 5) is 4.91. The molecule has 0 aliphatic carbocycles. The Morgan fingerprint density at radius 1 is 1.40 bits per heavy atom. The molecule has 0 aromatic rings. The molecule has 4 heteroatoms. The fourth-order valence-electron chi connectivity index (χ4n) is 0.640. The lowest BCUT2D eigenvalue weighted by molar-refractivity contribution is -1.14. The highest BCUT2D eigenvalue weighted by atomic mass is 28.2.